The number of ether oxygens (including phenoxy) is 2. The molecule has 10 atom stereocenters. The van der Waals surface area contributed by atoms with E-state index in [-0.39, 0.29) is 62.6 Å². The predicted octanol–water partition coefficient (Wildman–Crippen LogP) is 9.06. The van der Waals surface area contributed by atoms with E-state index in [4.69, 9.17) is 9.47 Å². The molecule has 0 aliphatic heterocycles. The van der Waals surface area contributed by atoms with Crippen molar-refractivity contribution in [3.05, 3.63) is 35.5 Å². The highest BCUT2D eigenvalue weighted by Gasteiger charge is 2.73. The van der Waals surface area contributed by atoms with Gasteiger partial charge in [-0.05, 0) is 130 Å². The lowest BCUT2D eigenvalue weighted by atomic mass is 9.30. The summed E-state index contributed by atoms with van der Waals surface area (Å²) < 4.78 is 11.5. The first-order valence-electron chi connectivity index (χ1n) is 18.8. The number of carboxylic acid groups (broad SMARTS) is 1. The Morgan fingerprint density at radius 3 is 2.14 bits per heavy atom. The van der Waals surface area contributed by atoms with Crippen LogP contribution in [0.5, 0.6) is 0 Å². The number of fused-ring (bicyclic) bond motifs is 7. The van der Waals surface area contributed by atoms with Gasteiger partial charge >= 0.3 is 17.9 Å². The maximum absolute atomic E-state index is 14.9. The molecule has 7 heteroatoms. The van der Waals surface area contributed by atoms with Crippen LogP contribution in [0, 0.1) is 56.2 Å². The van der Waals surface area contributed by atoms with E-state index in [1.165, 1.54) is 20.1 Å². The molecule has 0 heterocycles. The second-order valence-electron chi connectivity index (χ2n) is 18.5. The van der Waals surface area contributed by atoms with E-state index >= 15 is 0 Å². The summed E-state index contributed by atoms with van der Waals surface area (Å²) in [6.45, 7) is 23.1. The molecule has 5 saturated carbocycles. The van der Waals surface area contributed by atoms with Gasteiger partial charge in [-0.15, -0.1) is 0 Å². The van der Waals surface area contributed by atoms with Crippen molar-refractivity contribution in [3.63, 3.8) is 0 Å². The lowest BCUT2D eigenvalue weighted by molar-refractivity contribution is -0.249. The SMILES string of the molecule is C=C(C)/C=C\C(C(=O)O)=C(/C)C(=O)O[C@H]1CC[C@]2(CC)[C@H]3C(=O)CC4[C@H]5C[C@@](C)(C(=O)OC)CC[C@]5(C)CC[C@@]4(C)[C@]3(C)CC[C@H]2C1(C)C. The first-order valence-corrected chi connectivity index (χ1v) is 18.8. The van der Waals surface area contributed by atoms with Gasteiger partial charge in [0, 0.05) is 23.3 Å². The van der Waals surface area contributed by atoms with Crippen molar-refractivity contribution in [3.8, 4) is 0 Å². The van der Waals surface area contributed by atoms with Crippen molar-refractivity contribution in [2.75, 3.05) is 7.11 Å². The van der Waals surface area contributed by atoms with E-state index in [0.29, 0.717) is 30.1 Å². The van der Waals surface area contributed by atoms with Gasteiger partial charge in [0.1, 0.15) is 11.9 Å². The summed E-state index contributed by atoms with van der Waals surface area (Å²) in [6.07, 6.45) is 12.2. The Hall–Kier alpha value is -2.70. The Kier molecular flexibility index (Phi) is 9.59. The quantitative estimate of drug-likeness (QED) is 0.163. The lowest BCUT2D eigenvalue weighted by Crippen LogP contribution is -2.70. The largest absolute Gasteiger partial charge is 0.478 e. The number of ketones is 1. The molecule has 5 aliphatic carbocycles. The second-order valence-corrected chi connectivity index (χ2v) is 18.5. The van der Waals surface area contributed by atoms with Crippen molar-refractivity contribution in [2.24, 2.45) is 56.2 Å². The molecule has 0 bridgehead atoms. The number of esters is 2. The molecule has 49 heavy (non-hydrogen) atoms. The maximum atomic E-state index is 14.9. The van der Waals surface area contributed by atoms with E-state index in [0.717, 1.165) is 57.8 Å². The summed E-state index contributed by atoms with van der Waals surface area (Å²) in [7, 11) is 1.50. The molecule has 0 aromatic heterocycles. The molecule has 5 rings (SSSR count). The van der Waals surface area contributed by atoms with Gasteiger partial charge in [0.15, 0.2) is 0 Å². The maximum Gasteiger partial charge on any atom is 0.336 e. The molecule has 5 fully saturated rings. The van der Waals surface area contributed by atoms with E-state index in [9.17, 15) is 24.3 Å². The standard InChI is InChI=1S/C42H62O7/c1-12-42-18-16-32(49-35(46)26(4)27(34(44)45)14-13-25(2)3)37(5,6)31(42)15-17-41(10)33(42)30(43)23-28-29-24-39(8,36(47)48-11)20-19-38(29,7)21-22-40(28,41)9/h13-14,28-29,31-33H,2,12,15-24H2,1,3-11H3,(H,44,45)/b14-13-,27-26-/t28?,29-,31+,32+,33+,38-,39+,40-,41-,42+/m1/s1. The third-order valence-corrected chi connectivity index (χ3v) is 15.9. The number of allylic oxidation sites excluding steroid dienone is 2. The highest BCUT2D eigenvalue weighted by molar-refractivity contribution is 6.01. The zero-order valence-electron chi connectivity index (χ0n) is 31.9. The summed E-state index contributed by atoms with van der Waals surface area (Å²) in [5.74, 6) is -0.877. The predicted molar refractivity (Wildman–Crippen MR) is 190 cm³/mol. The molecule has 0 radical (unpaired) electrons. The van der Waals surface area contributed by atoms with Gasteiger partial charge in [0.25, 0.3) is 0 Å². The van der Waals surface area contributed by atoms with Gasteiger partial charge in [0.05, 0.1) is 18.1 Å². The van der Waals surface area contributed by atoms with Gasteiger partial charge < -0.3 is 14.6 Å². The van der Waals surface area contributed by atoms with Crippen molar-refractivity contribution in [1.29, 1.82) is 0 Å². The highest BCUT2D eigenvalue weighted by Crippen LogP contribution is 2.77. The minimum atomic E-state index is -1.18. The average Bonchev–Trinajstić information content (AvgIpc) is 3.03. The Morgan fingerprint density at radius 1 is 0.898 bits per heavy atom. The van der Waals surface area contributed by atoms with Crippen LogP contribution in [0.3, 0.4) is 0 Å². The molecule has 0 aromatic rings. The first kappa shape index (κ1) is 37.6. The number of aliphatic carboxylic acids is 1. The molecule has 7 nitrogen and oxygen atoms in total. The fourth-order valence-corrected chi connectivity index (χ4v) is 12.7. The van der Waals surface area contributed by atoms with Crippen molar-refractivity contribution < 1.29 is 33.8 Å². The van der Waals surface area contributed by atoms with Crippen molar-refractivity contribution >= 4 is 23.7 Å². The molecule has 1 N–H and O–H groups in total. The van der Waals surface area contributed by atoms with Gasteiger partial charge in [-0.25, -0.2) is 9.59 Å². The zero-order chi connectivity index (χ0) is 36.5. The third-order valence-electron chi connectivity index (χ3n) is 15.9. The van der Waals surface area contributed by atoms with Crippen LogP contribution in [0.25, 0.3) is 0 Å². The van der Waals surface area contributed by atoms with Crippen LogP contribution in [0.1, 0.15) is 133 Å². The third kappa shape index (κ3) is 5.59. The number of Topliss-reactive ketones (excluding diaryl/α,β-unsaturated/α-hetero) is 1. The zero-order valence-corrected chi connectivity index (χ0v) is 31.9. The minimum Gasteiger partial charge on any atom is -0.478 e. The molecule has 0 aromatic carbocycles. The van der Waals surface area contributed by atoms with E-state index in [1.54, 1.807) is 13.0 Å². The number of methoxy groups -OCH3 is 1. The van der Waals surface area contributed by atoms with Crippen LogP contribution in [-0.2, 0) is 28.7 Å². The topological polar surface area (TPSA) is 107 Å². The van der Waals surface area contributed by atoms with Gasteiger partial charge in [-0.2, -0.15) is 0 Å². The fraction of sp³-hybridized carbons (Fsp3) is 0.762. The highest BCUT2D eigenvalue weighted by atomic mass is 16.5. The second kappa shape index (κ2) is 12.5. The summed E-state index contributed by atoms with van der Waals surface area (Å²) in [5.41, 5.74) is -0.550. The smallest absolute Gasteiger partial charge is 0.336 e. The van der Waals surface area contributed by atoms with Crippen LogP contribution in [0.2, 0.25) is 0 Å². The monoisotopic (exact) mass is 678 g/mol. The first-order chi connectivity index (χ1) is 22.7. The molecule has 5 aliphatic rings. The Bertz CT molecular complexity index is 1480. The van der Waals surface area contributed by atoms with Crippen LogP contribution < -0.4 is 0 Å². The van der Waals surface area contributed by atoms with E-state index in [1.807, 2.05) is 0 Å². The fourth-order valence-electron chi connectivity index (χ4n) is 12.7. The summed E-state index contributed by atoms with van der Waals surface area (Å²) in [5, 5.41) is 9.84. The Morgan fingerprint density at radius 2 is 1.55 bits per heavy atom. The van der Waals surface area contributed by atoms with Crippen molar-refractivity contribution in [2.45, 2.75) is 139 Å². The van der Waals surface area contributed by atoms with E-state index < -0.39 is 22.8 Å². The number of carboxylic acids is 1. The molecular formula is C42H62O7. The number of carbonyl (C=O) groups is 4. The number of hydrogen-bond donors (Lipinski definition) is 1. The minimum absolute atomic E-state index is 0.0306. The van der Waals surface area contributed by atoms with Gasteiger partial charge in [-0.1, -0.05) is 59.8 Å². The Balaban J connectivity index is 1.47. The molecule has 0 amide bonds. The summed E-state index contributed by atoms with van der Waals surface area (Å²) in [4.78, 5) is 53.5. The number of rotatable bonds is 7. The lowest BCUT2D eigenvalue weighted by Gasteiger charge is -2.73. The van der Waals surface area contributed by atoms with Crippen LogP contribution >= 0.6 is 0 Å². The van der Waals surface area contributed by atoms with Crippen molar-refractivity contribution in [1.82, 2.24) is 0 Å². The summed E-state index contributed by atoms with van der Waals surface area (Å²) in [6, 6.07) is 0. The molecule has 0 spiro atoms. The number of hydrogen-bond acceptors (Lipinski definition) is 6. The molecule has 0 saturated heterocycles. The Labute approximate surface area is 294 Å². The van der Waals surface area contributed by atoms with Crippen LogP contribution in [-0.4, -0.2) is 42.0 Å². The van der Waals surface area contributed by atoms with Crippen LogP contribution in [0.4, 0.5) is 0 Å². The normalized spacial score (nSPS) is 43.2. The average molecular weight is 679 g/mol. The summed E-state index contributed by atoms with van der Waals surface area (Å²) >= 11 is 0. The van der Waals surface area contributed by atoms with Gasteiger partial charge in [-0.3, -0.25) is 9.59 Å². The van der Waals surface area contributed by atoms with E-state index in [2.05, 4.69) is 55.0 Å². The van der Waals surface area contributed by atoms with Crippen LogP contribution in [0.15, 0.2) is 35.5 Å². The molecule has 1 unspecified atom stereocenters. The van der Waals surface area contributed by atoms with Gasteiger partial charge in [0.2, 0.25) is 0 Å². The molecular weight excluding hydrogens is 616 g/mol. The number of carbonyl (C=O) groups excluding carboxylic acids is 3. The molecule has 272 valence electrons.